The van der Waals surface area contributed by atoms with E-state index in [4.69, 9.17) is 11.6 Å². The highest BCUT2D eigenvalue weighted by atomic mass is 79.9. The first kappa shape index (κ1) is 14.1. The molecule has 1 aromatic carbocycles. The average Bonchev–Trinajstić information content (AvgIpc) is 2.76. The Morgan fingerprint density at radius 3 is 2.68 bits per heavy atom. The molecule has 19 heavy (non-hydrogen) atoms. The van der Waals surface area contributed by atoms with Crippen LogP contribution in [0.3, 0.4) is 0 Å². The molecule has 100 valence electrons. The number of anilines is 1. The minimum atomic E-state index is -0.245. The summed E-state index contributed by atoms with van der Waals surface area (Å²) in [6, 6.07) is 6.86. The Kier molecular flexibility index (Phi) is 4.27. The lowest BCUT2D eigenvalue weighted by atomic mass is 10.1. The number of benzene rings is 1. The smallest absolute Gasteiger partial charge is 0.256 e. The second-order valence-electron chi connectivity index (χ2n) is 4.48. The lowest BCUT2D eigenvalue weighted by Gasteiger charge is -2.03. The van der Waals surface area contributed by atoms with Gasteiger partial charge in [0.15, 0.2) is 5.82 Å². The molecule has 0 bridgehead atoms. The zero-order chi connectivity index (χ0) is 14.0. The maximum absolute atomic E-state index is 12.1. The van der Waals surface area contributed by atoms with Gasteiger partial charge in [0, 0.05) is 26.8 Å². The van der Waals surface area contributed by atoms with E-state index in [-0.39, 0.29) is 5.91 Å². The molecule has 0 atom stereocenters. The fourth-order valence-corrected chi connectivity index (χ4v) is 2.43. The number of hydrogen-bond donors (Lipinski definition) is 2. The summed E-state index contributed by atoms with van der Waals surface area (Å²) < 4.78 is 0.759. The molecule has 2 aromatic rings. The molecule has 0 saturated heterocycles. The number of carbonyl (C=O) groups is 1. The molecule has 6 heteroatoms. The third kappa shape index (κ3) is 3.58. The molecule has 0 aliphatic carbocycles. The van der Waals surface area contributed by atoms with Gasteiger partial charge in [-0.3, -0.25) is 9.89 Å². The second-order valence-corrected chi connectivity index (χ2v) is 5.83. The maximum atomic E-state index is 12.1. The molecule has 1 heterocycles. The summed E-state index contributed by atoms with van der Waals surface area (Å²) in [7, 11) is 0. The van der Waals surface area contributed by atoms with Gasteiger partial charge in [0.05, 0.1) is 0 Å². The van der Waals surface area contributed by atoms with Crippen LogP contribution >= 0.6 is 27.5 Å². The van der Waals surface area contributed by atoms with Crippen molar-refractivity contribution >= 4 is 39.3 Å². The normalized spacial score (nSPS) is 10.8. The zero-order valence-electron chi connectivity index (χ0n) is 10.5. The summed E-state index contributed by atoms with van der Waals surface area (Å²) >= 11 is 9.21. The molecule has 0 fully saturated rings. The SMILES string of the molecule is CC(C)c1cc(NC(=O)c2cc(Cl)cc(Br)c2)n[nH]1. The Labute approximate surface area is 124 Å². The number of nitrogens with zero attached hydrogens (tertiary/aromatic N) is 1. The van der Waals surface area contributed by atoms with E-state index in [1.54, 1.807) is 18.2 Å². The lowest BCUT2D eigenvalue weighted by molar-refractivity contribution is 0.102. The monoisotopic (exact) mass is 341 g/mol. The number of halogens is 2. The van der Waals surface area contributed by atoms with Crippen molar-refractivity contribution in [2.75, 3.05) is 5.32 Å². The van der Waals surface area contributed by atoms with Crippen LogP contribution in [-0.2, 0) is 0 Å². The Morgan fingerprint density at radius 2 is 2.11 bits per heavy atom. The van der Waals surface area contributed by atoms with Gasteiger partial charge in [0.2, 0.25) is 0 Å². The number of H-pyrrole nitrogens is 1. The van der Waals surface area contributed by atoms with Crippen LogP contribution in [0.1, 0.15) is 35.8 Å². The van der Waals surface area contributed by atoms with Crippen LogP contribution in [0, 0.1) is 0 Å². The van der Waals surface area contributed by atoms with Crippen molar-refractivity contribution in [3.63, 3.8) is 0 Å². The Morgan fingerprint density at radius 1 is 1.37 bits per heavy atom. The van der Waals surface area contributed by atoms with E-state index in [0.717, 1.165) is 10.2 Å². The summed E-state index contributed by atoms with van der Waals surface area (Å²) in [5, 5.41) is 10.2. The first-order chi connectivity index (χ1) is 8.95. The van der Waals surface area contributed by atoms with Crippen LogP contribution < -0.4 is 5.32 Å². The van der Waals surface area contributed by atoms with Crippen molar-refractivity contribution in [1.29, 1.82) is 0 Å². The van der Waals surface area contributed by atoms with E-state index in [9.17, 15) is 4.79 Å². The van der Waals surface area contributed by atoms with Gasteiger partial charge in [0.25, 0.3) is 5.91 Å². The summed E-state index contributed by atoms with van der Waals surface area (Å²) in [5.41, 5.74) is 1.45. The van der Waals surface area contributed by atoms with Gasteiger partial charge < -0.3 is 5.32 Å². The molecular weight excluding hydrogens is 330 g/mol. The molecule has 2 N–H and O–H groups in total. The largest absolute Gasteiger partial charge is 0.305 e. The molecule has 2 rings (SSSR count). The molecular formula is C13H13BrClN3O. The average molecular weight is 343 g/mol. The highest BCUT2D eigenvalue weighted by Crippen LogP contribution is 2.21. The molecule has 1 aromatic heterocycles. The fraction of sp³-hybridized carbons (Fsp3) is 0.231. The molecule has 0 aliphatic rings. The molecule has 1 amide bonds. The van der Waals surface area contributed by atoms with Crippen molar-refractivity contribution in [3.05, 3.63) is 45.0 Å². The number of aromatic amines is 1. The number of aromatic nitrogens is 2. The standard InChI is InChI=1S/C13H13BrClN3O/c1-7(2)11-6-12(18-17-11)16-13(19)8-3-9(14)5-10(15)4-8/h3-7H,1-2H3,(H2,16,17,18,19). The Balaban J connectivity index is 2.15. The van der Waals surface area contributed by atoms with Crippen molar-refractivity contribution in [1.82, 2.24) is 10.2 Å². The predicted octanol–water partition coefficient (Wildman–Crippen LogP) is 4.20. The molecule has 0 aliphatic heterocycles. The van der Waals surface area contributed by atoms with E-state index in [1.165, 1.54) is 0 Å². The summed E-state index contributed by atoms with van der Waals surface area (Å²) in [6.07, 6.45) is 0. The van der Waals surface area contributed by atoms with Gasteiger partial charge in [-0.25, -0.2) is 0 Å². The van der Waals surface area contributed by atoms with E-state index in [2.05, 4.69) is 31.4 Å². The van der Waals surface area contributed by atoms with Crippen LogP contribution in [0.25, 0.3) is 0 Å². The number of carbonyl (C=O) groups excluding carboxylic acids is 1. The van der Waals surface area contributed by atoms with E-state index in [0.29, 0.717) is 22.3 Å². The summed E-state index contributed by atoms with van der Waals surface area (Å²) in [5.74, 6) is 0.591. The molecule has 0 radical (unpaired) electrons. The Hall–Kier alpha value is -1.33. The Bertz CT molecular complexity index is 589. The van der Waals surface area contributed by atoms with Crippen LogP contribution in [0.5, 0.6) is 0 Å². The first-order valence-electron chi connectivity index (χ1n) is 5.78. The van der Waals surface area contributed by atoms with Gasteiger partial charge in [-0.05, 0) is 24.1 Å². The van der Waals surface area contributed by atoms with Gasteiger partial charge in [-0.15, -0.1) is 0 Å². The topological polar surface area (TPSA) is 57.8 Å². The highest BCUT2D eigenvalue weighted by molar-refractivity contribution is 9.10. The summed E-state index contributed by atoms with van der Waals surface area (Å²) in [6.45, 7) is 4.10. The van der Waals surface area contributed by atoms with E-state index < -0.39 is 0 Å². The van der Waals surface area contributed by atoms with Crippen LogP contribution in [0.2, 0.25) is 5.02 Å². The van der Waals surface area contributed by atoms with Gasteiger partial charge in [0.1, 0.15) is 0 Å². The number of rotatable bonds is 3. The zero-order valence-corrected chi connectivity index (χ0v) is 12.8. The third-order valence-corrected chi connectivity index (χ3v) is 3.26. The quantitative estimate of drug-likeness (QED) is 0.878. The lowest BCUT2D eigenvalue weighted by Crippen LogP contribution is -2.12. The maximum Gasteiger partial charge on any atom is 0.256 e. The van der Waals surface area contributed by atoms with Crippen molar-refractivity contribution in [2.45, 2.75) is 19.8 Å². The van der Waals surface area contributed by atoms with E-state index in [1.807, 2.05) is 19.9 Å². The minimum Gasteiger partial charge on any atom is -0.305 e. The van der Waals surface area contributed by atoms with Crippen LogP contribution in [0.15, 0.2) is 28.7 Å². The number of nitrogens with one attached hydrogen (secondary N) is 2. The van der Waals surface area contributed by atoms with Gasteiger partial charge >= 0.3 is 0 Å². The van der Waals surface area contributed by atoms with Crippen LogP contribution in [-0.4, -0.2) is 16.1 Å². The molecule has 4 nitrogen and oxygen atoms in total. The minimum absolute atomic E-state index is 0.245. The van der Waals surface area contributed by atoms with Gasteiger partial charge in [-0.2, -0.15) is 5.10 Å². The van der Waals surface area contributed by atoms with Crippen molar-refractivity contribution in [2.24, 2.45) is 0 Å². The predicted molar refractivity (Wildman–Crippen MR) is 79.8 cm³/mol. The third-order valence-electron chi connectivity index (χ3n) is 2.59. The van der Waals surface area contributed by atoms with E-state index >= 15 is 0 Å². The summed E-state index contributed by atoms with van der Waals surface area (Å²) in [4.78, 5) is 12.1. The molecule has 0 unspecified atom stereocenters. The van der Waals surface area contributed by atoms with Crippen LogP contribution in [0.4, 0.5) is 5.82 Å². The molecule has 0 spiro atoms. The van der Waals surface area contributed by atoms with Crippen molar-refractivity contribution < 1.29 is 4.79 Å². The first-order valence-corrected chi connectivity index (χ1v) is 6.95. The molecule has 0 saturated carbocycles. The number of amides is 1. The number of hydrogen-bond acceptors (Lipinski definition) is 2. The highest BCUT2D eigenvalue weighted by Gasteiger charge is 2.11. The van der Waals surface area contributed by atoms with Crippen molar-refractivity contribution in [3.8, 4) is 0 Å². The fourth-order valence-electron chi connectivity index (χ4n) is 1.57. The van der Waals surface area contributed by atoms with Gasteiger partial charge in [-0.1, -0.05) is 41.4 Å². The second kappa shape index (κ2) is 5.75.